The summed E-state index contributed by atoms with van der Waals surface area (Å²) in [5.74, 6) is 6.70. The molecule has 0 spiro atoms. The van der Waals surface area contributed by atoms with E-state index < -0.39 is 0 Å². The maximum absolute atomic E-state index is 5.94. The van der Waals surface area contributed by atoms with Crippen LogP contribution in [0, 0.1) is 11.3 Å². The molecule has 2 nitrogen and oxygen atoms in total. The lowest BCUT2D eigenvalue weighted by Gasteiger charge is -2.39. The van der Waals surface area contributed by atoms with E-state index in [1.165, 1.54) is 50.5 Å². The SMILES string of the molecule is CC(C)CC1(C(CCCc2ccccc2)NN)CCCC1. The van der Waals surface area contributed by atoms with Crippen LogP contribution in [-0.2, 0) is 6.42 Å². The summed E-state index contributed by atoms with van der Waals surface area (Å²) in [7, 11) is 0. The number of hydrogen-bond acceptors (Lipinski definition) is 2. The van der Waals surface area contributed by atoms with Crippen molar-refractivity contribution in [1.82, 2.24) is 5.43 Å². The van der Waals surface area contributed by atoms with Crippen molar-refractivity contribution < 1.29 is 0 Å². The topological polar surface area (TPSA) is 38.0 Å². The van der Waals surface area contributed by atoms with Crippen LogP contribution in [-0.4, -0.2) is 6.04 Å². The third kappa shape index (κ3) is 4.55. The van der Waals surface area contributed by atoms with Gasteiger partial charge < -0.3 is 0 Å². The number of benzene rings is 1. The number of nitrogens with two attached hydrogens (primary N) is 1. The molecular weight excluding hydrogens is 256 g/mol. The van der Waals surface area contributed by atoms with Crippen molar-refractivity contribution in [1.29, 1.82) is 0 Å². The van der Waals surface area contributed by atoms with Crippen molar-refractivity contribution in [3.8, 4) is 0 Å². The van der Waals surface area contributed by atoms with Gasteiger partial charge in [-0.1, -0.05) is 57.0 Å². The molecule has 2 heteroatoms. The van der Waals surface area contributed by atoms with Gasteiger partial charge in [0, 0.05) is 6.04 Å². The zero-order chi connectivity index (χ0) is 15.1. The first kappa shape index (κ1) is 16.5. The third-order valence-corrected chi connectivity index (χ3v) is 5.16. The zero-order valence-electron chi connectivity index (χ0n) is 13.8. The van der Waals surface area contributed by atoms with E-state index in [0.717, 1.165) is 12.3 Å². The standard InChI is InChI=1S/C19H32N2/c1-16(2)15-19(13-6-7-14-19)18(21-20)12-8-11-17-9-4-3-5-10-17/h3-5,9-10,16,18,21H,6-8,11-15,20H2,1-2H3. The highest BCUT2D eigenvalue weighted by atomic mass is 15.2. The Morgan fingerprint density at radius 3 is 2.38 bits per heavy atom. The summed E-state index contributed by atoms with van der Waals surface area (Å²) in [6.07, 6.45) is 10.4. The summed E-state index contributed by atoms with van der Waals surface area (Å²) in [6.45, 7) is 4.69. The van der Waals surface area contributed by atoms with Crippen LogP contribution in [0.3, 0.4) is 0 Å². The zero-order valence-corrected chi connectivity index (χ0v) is 13.8. The second kappa shape index (κ2) is 7.95. The second-order valence-electron chi connectivity index (χ2n) is 7.26. The van der Waals surface area contributed by atoms with Gasteiger partial charge in [0.25, 0.3) is 0 Å². The van der Waals surface area contributed by atoms with Gasteiger partial charge in [-0.15, -0.1) is 0 Å². The highest BCUT2D eigenvalue weighted by molar-refractivity contribution is 5.14. The van der Waals surface area contributed by atoms with E-state index >= 15 is 0 Å². The van der Waals surface area contributed by atoms with Crippen molar-refractivity contribution in [2.24, 2.45) is 17.2 Å². The minimum Gasteiger partial charge on any atom is -0.271 e. The maximum atomic E-state index is 5.94. The van der Waals surface area contributed by atoms with Gasteiger partial charge in [-0.2, -0.15) is 0 Å². The molecule has 1 unspecified atom stereocenters. The maximum Gasteiger partial charge on any atom is 0.0267 e. The fourth-order valence-corrected chi connectivity index (χ4v) is 4.31. The van der Waals surface area contributed by atoms with E-state index in [1.807, 2.05) is 0 Å². The molecule has 0 aliphatic heterocycles. The highest BCUT2D eigenvalue weighted by Crippen LogP contribution is 2.46. The Morgan fingerprint density at radius 1 is 1.14 bits per heavy atom. The van der Waals surface area contributed by atoms with Crippen LogP contribution in [0.25, 0.3) is 0 Å². The molecule has 0 bridgehead atoms. The van der Waals surface area contributed by atoms with Crippen LogP contribution in [0.5, 0.6) is 0 Å². The Bertz CT molecular complexity index is 393. The van der Waals surface area contributed by atoms with E-state index in [1.54, 1.807) is 0 Å². The summed E-state index contributed by atoms with van der Waals surface area (Å²) >= 11 is 0. The lowest BCUT2D eigenvalue weighted by Crippen LogP contribution is -2.48. The number of nitrogens with one attached hydrogen (secondary N) is 1. The van der Waals surface area contributed by atoms with Crippen molar-refractivity contribution in [3.63, 3.8) is 0 Å². The molecule has 21 heavy (non-hydrogen) atoms. The normalized spacial score (nSPS) is 19.0. The van der Waals surface area contributed by atoms with Gasteiger partial charge in [0.05, 0.1) is 0 Å². The average molecular weight is 288 g/mol. The van der Waals surface area contributed by atoms with Crippen molar-refractivity contribution in [2.45, 2.75) is 71.3 Å². The van der Waals surface area contributed by atoms with Crippen molar-refractivity contribution in [2.75, 3.05) is 0 Å². The molecule has 0 aromatic heterocycles. The monoisotopic (exact) mass is 288 g/mol. The number of rotatable bonds is 8. The average Bonchev–Trinajstić information content (AvgIpc) is 2.93. The number of aryl methyl sites for hydroxylation is 1. The van der Waals surface area contributed by atoms with Crippen LogP contribution in [0.2, 0.25) is 0 Å². The molecule has 1 aromatic rings. The van der Waals surface area contributed by atoms with Gasteiger partial charge in [0.1, 0.15) is 0 Å². The van der Waals surface area contributed by atoms with Gasteiger partial charge in [-0.25, -0.2) is 0 Å². The van der Waals surface area contributed by atoms with Gasteiger partial charge in [0.15, 0.2) is 0 Å². The quantitative estimate of drug-likeness (QED) is 0.548. The summed E-state index contributed by atoms with van der Waals surface area (Å²) in [5.41, 5.74) is 5.06. The number of hydrogen-bond donors (Lipinski definition) is 2. The minimum absolute atomic E-state index is 0.444. The minimum atomic E-state index is 0.444. The molecule has 0 saturated heterocycles. The molecule has 0 radical (unpaired) electrons. The molecule has 3 N–H and O–H groups in total. The number of hydrazine groups is 1. The van der Waals surface area contributed by atoms with E-state index in [9.17, 15) is 0 Å². The lowest BCUT2D eigenvalue weighted by molar-refractivity contribution is 0.146. The molecule has 1 atom stereocenters. The molecule has 0 heterocycles. The van der Waals surface area contributed by atoms with Crippen LogP contribution in [0.4, 0.5) is 0 Å². The fourth-order valence-electron chi connectivity index (χ4n) is 4.31. The van der Waals surface area contributed by atoms with Gasteiger partial charge >= 0.3 is 0 Å². The van der Waals surface area contributed by atoms with Gasteiger partial charge in [-0.3, -0.25) is 11.3 Å². The highest BCUT2D eigenvalue weighted by Gasteiger charge is 2.40. The van der Waals surface area contributed by atoms with Crippen molar-refractivity contribution in [3.05, 3.63) is 35.9 Å². The summed E-state index contributed by atoms with van der Waals surface area (Å²) in [4.78, 5) is 0. The Hall–Kier alpha value is -0.860. The molecule has 0 amide bonds. The van der Waals surface area contributed by atoms with Crippen LogP contribution < -0.4 is 11.3 Å². The Balaban J connectivity index is 1.91. The summed E-state index contributed by atoms with van der Waals surface area (Å²) in [6, 6.07) is 11.3. The predicted octanol–water partition coefficient (Wildman–Crippen LogP) is 4.45. The van der Waals surface area contributed by atoms with Crippen LogP contribution in [0.15, 0.2) is 30.3 Å². The predicted molar refractivity (Wildman–Crippen MR) is 90.8 cm³/mol. The van der Waals surface area contributed by atoms with Crippen LogP contribution >= 0.6 is 0 Å². The van der Waals surface area contributed by atoms with E-state index in [4.69, 9.17) is 5.84 Å². The smallest absolute Gasteiger partial charge is 0.0267 e. The third-order valence-electron chi connectivity index (χ3n) is 5.16. The van der Waals surface area contributed by atoms with Crippen molar-refractivity contribution >= 4 is 0 Å². The first-order chi connectivity index (χ1) is 10.2. The molecule has 118 valence electrons. The molecule has 2 rings (SSSR count). The molecule has 1 saturated carbocycles. The van der Waals surface area contributed by atoms with E-state index in [-0.39, 0.29) is 0 Å². The Labute approximate surface area is 130 Å². The van der Waals surface area contributed by atoms with Gasteiger partial charge in [-0.05, 0) is 55.4 Å². The summed E-state index contributed by atoms with van der Waals surface area (Å²) < 4.78 is 0. The largest absolute Gasteiger partial charge is 0.271 e. The Kier molecular flexibility index (Phi) is 6.25. The first-order valence-electron chi connectivity index (χ1n) is 8.66. The lowest BCUT2D eigenvalue weighted by atomic mass is 9.71. The van der Waals surface area contributed by atoms with E-state index in [0.29, 0.717) is 11.5 Å². The molecule has 1 aliphatic carbocycles. The second-order valence-corrected chi connectivity index (χ2v) is 7.26. The fraction of sp³-hybridized carbons (Fsp3) is 0.684. The van der Waals surface area contributed by atoms with E-state index in [2.05, 4.69) is 49.6 Å². The van der Waals surface area contributed by atoms with Crippen LogP contribution in [0.1, 0.15) is 64.4 Å². The van der Waals surface area contributed by atoms with Gasteiger partial charge in [0.2, 0.25) is 0 Å². The summed E-state index contributed by atoms with van der Waals surface area (Å²) in [5, 5.41) is 0. The molecule has 1 fully saturated rings. The molecule has 1 aliphatic rings. The first-order valence-corrected chi connectivity index (χ1v) is 8.66. The molecular formula is C19H32N2. The molecule has 1 aromatic carbocycles. The Morgan fingerprint density at radius 2 is 1.81 bits per heavy atom.